The summed E-state index contributed by atoms with van der Waals surface area (Å²) in [6.45, 7) is 1.89. The van der Waals surface area contributed by atoms with Crippen molar-refractivity contribution in [3.8, 4) is 0 Å². The smallest absolute Gasteiger partial charge is 0.275 e. The number of hydrogen-bond donors (Lipinski definition) is 1. The number of pyridine rings is 1. The van der Waals surface area contributed by atoms with Gasteiger partial charge in [-0.15, -0.1) is 0 Å². The zero-order valence-electron chi connectivity index (χ0n) is 8.40. The maximum Gasteiger partial charge on any atom is 0.275 e. The fraction of sp³-hybridized carbons (Fsp3) is 0.100. The van der Waals surface area contributed by atoms with E-state index in [0.29, 0.717) is 11.4 Å². The standard InChI is InChI=1S/C10H8ClN3OS/c1-6-5-8(14-16-6)10(15)13-7-3-2-4-12-9(7)11/h2-5H,1H3,(H,13,15). The monoisotopic (exact) mass is 253 g/mol. The van der Waals surface area contributed by atoms with E-state index in [1.807, 2.05) is 6.92 Å². The first-order valence-corrected chi connectivity index (χ1v) is 5.67. The summed E-state index contributed by atoms with van der Waals surface area (Å²) in [5.74, 6) is -0.278. The Morgan fingerprint density at radius 2 is 2.38 bits per heavy atom. The Bertz CT molecular complexity index is 526. The van der Waals surface area contributed by atoms with Crippen molar-refractivity contribution in [3.63, 3.8) is 0 Å². The van der Waals surface area contributed by atoms with Crippen LogP contribution in [0.15, 0.2) is 24.4 Å². The Morgan fingerprint density at radius 1 is 1.56 bits per heavy atom. The topological polar surface area (TPSA) is 54.9 Å². The van der Waals surface area contributed by atoms with Gasteiger partial charge in [-0.05, 0) is 36.7 Å². The summed E-state index contributed by atoms with van der Waals surface area (Å²) >= 11 is 7.11. The number of nitrogens with one attached hydrogen (secondary N) is 1. The summed E-state index contributed by atoms with van der Waals surface area (Å²) in [6, 6.07) is 5.12. The van der Waals surface area contributed by atoms with E-state index in [1.54, 1.807) is 24.4 Å². The van der Waals surface area contributed by atoms with Crippen molar-refractivity contribution in [1.82, 2.24) is 9.36 Å². The van der Waals surface area contributed by atoms with Crippen LogP contribution in [0.5, 0.6) is 0 Å². The van der Waals surface area contributed by atoms with E-state index in [2.05, 4.69) is 14.7 Å². The van der Waals surface area contributed by atoms with Crippen LogP contribution in [0, 0.1) is 6.92 Å². The number of aromatic nitrogens is 2. The molecule has 0 fully saturated rings. The third-order valence-electron chi connectivity index (χ3n) is 1.87. The van der Waals surface area contributed by atoms with Crippen molar-refractivity contribution >= 4 is 34.7 Å². The molecule has 16 heavy (non-hydrogen) atoms. The summed E-state index contributed by atoms with van der Waals surface area (Å²) in [7, 11) is 0. The van der Waals surface area contributed by atoms with Gasteiger partial charge in [-0.1, -0.05) is 11.6 Å². The van der Waals surface area contributed by atoms with Gasteiger partial charge in [0.25, 0.3) is 5.91 Å². The molecule has 1 amide bonds. The van der Waals surface area contributed by atoms with Gasteiger partial charge in [0.1, 0.15) is 5.69 Å². The van der Waals surface area contributed by atoms with Gasteiger partial charge >= 0.3 is 0 Å². The number of carbonyl (C=O) groups is 1. The number of aryl methyl sites for hydroxylation is 1. The minimum Gasteiger partial charge on any atom is -0.318 e. The van der Waals surface area contributed by atoms with E-state index in [9.17, 15) is 4.79 Å². The third-order valence-corrected chi connectivity index (χ3v) is 2.86. The molecule has 0 aromatic carbocycles. The van der Waals surface area contributed by atoms with Crippen LogP contribution in [-0.2, 0) is 0 Å². The summed E-state index contributed by atoms with van der Waals surface area (Å²) in [6.07, 6.45) is 1.56. The molecule has 0 saturated heterocycles. The molecule has 2 rings (SSSR count). The maximum atomic E-state index is 11.7. The summed E-state index contributed by atoms with van der Waals surface area (Å²) in [5.41, 5.74) is 0.877. The van der Waals surface area contributed by atoms with Crippen LogP contribution >= 0.6 is 23.1 Å². The highest BCUT2D eigenvalue weighted by molar-refractivity contribution is 7.05. The second kappa shape index (κ2) is 4.59. The van der Waals surface area contributed by atoms with Crippen molar-refractivity contribution in [2.75, 3.05) is 5.32 Å². The van der Waals surface area contributed by atoms with Gasteiger partial charge in [0.2, 0.25) is 0 Å². The van der Waals surface area contributed by atoms with Crippen molar-refractivity contribution in [3.05, 3.63) is 40.1 Å². The Morgan fingerprint density at radius 3 is 3.00 bits per heavy atom. The molecule has 0 spiro atoms. The molecule has 0 unspecified atom stereocenters. The molecule has 6 heteroatoms. The molecule has 1 N–H and O–H groups in total. The number of halogens is 1. The molecular weight excluding hydrogens is 246 g/mol. The van der Waals surface area contributed by atoms with Crippen molar-refractivity contribution in [1.29, 1.82) is 0 Å². The normalized spacial score (nSPS) is 10.1. The number of carbonyl (C=O) groups excluding carboxylic acids is 1. The van der Waals surface area contributed by atoms with Crippen molar-refractivity contribution in [2.45, 2.75) is 6.92 Å². The number of amides is 1. The highest BCUT2D eigenvalue weighted by atomic mass is 35.5. The Hall–Kier alpha value is -1.46. The average molecular weight is 254 g/mol. The van der Waals surface area contributed by atoms with Crippen LogP contribution in [0.4, 0.5) is 5.69 Å². The van der Waals surface area contributed by atoms with Gasteiger partial charge < -0.3 is 5.32 Å². The number of anilines is 1. The van der Waals surface area contributed by atoms with Gasteiger partial charge in [-0.3, -0.25) is 4.79 Å². The van der Waals surface area contributed by atoms with E-state index in [1.165, 1.54) is 11.5 Å². The second-order valence-corrected chi connectivity index (χ2v) is 4.49. The zero-order chi connectivity index (χ0) is 11.5. The van der Waals surface area contributed by atoms with Crippen LogP contribution in [0.2, 0.25) is 5.15 Å². The first-order chi connectivity index (χ1) is 7.66. The maximum absolute atomic E-state index is 11.7. The largest absolute Gasteiger partial charge is 0.318 e. The lowest BCUT2D eigenvalue weighted by molar-refractivity contribution is 0.102. The lowest BCUT2D eigenvalue weighted by Crippen LogP contribution is -2.12. The molecule has 0 saturated carbocycles. The molecule has 2 aromatic rings. The average Bonchev–Trinajstić information content (AvgIpc) is 2.68. The van der Waals surface area contributed by atoms with Crippen molar-refractivity contribution < 1.29 is 4.79 Å². The lowest BCUT2D eigenvalue weighted by atomic mass is 10.3. The summed E-state index contributed by atoms with van der Waals surface area (Å²) in [4.78, 5) is 16.6. The Labute approximate surface area is 101 Å². The fourth-order valence-corrected chi connectivity index (χ4v) is 1.85. The Kier molecular flexibility index (Phi) is 3.17. The molecule has 2 aromatic heterocycles. The fourth-order valence-electron chi connectivity index (χ4n) is 1.14. The molecule has 0 aliphatic rings. The second-order valence-electron chi connectivity index (χ2n) is 3.12. The van der Waals surface area contributed by atoms with E-state index < -0.39 is 0 Å². The predicted octanol–water partition coefficient (Wildman–Crippen LogP) is 2.75. The molecule has 0 aliphatic heterocycles. The molecule has 0 atom stereocenters. The highest BCUT2D eigenvalue weighted by Gasteiger charge is 2.11. The van der Waals surface area contributed by atoms with Crippen LogP contribution < -0.4 is 5.32 Å². The number of rotatable bonds is 2. The van der Waals surface area contributed by atoms with Gasteiger partial charge in [0, 0.05) is 11.1 Å². The molecule has 0 aliphatic carbocycles. The Balaban J connectivity index is 2.17. The van der Waals surface area contributed by atoms with Gasteiger partial charge in [-0.25, -0.2) is 4.98 Å². The highest BCUT2D eigenvalue weighted by Crippen LogP contribution is 2.18. The minimum atomic E-state index is -0.278. The third kappa shape index (κ3) is 2.37. The van der Waals surface area contributed by atoms with E-state index >= 15 is 0 Å². The SMILES string of the molecule is Cc1cc(C(=O)Nc2cccnc2Cl)ns1. The summed E-state index contributed by atoms with van der Waals surface area (Å²) in [5, 5.41) is 2.92. The summed E-state index contributed by atoms with van der Waals surface area (Å²) < 4.78 is 4.01. The van der Waals surface area contributed by atoms with Crippen molar-refractivity contribution in [2.24, 2.45) is 0 Å². The number of hydrogen-bond acceptors (Lipinski definition) is 4. The molecule has 0 bridgehead atoms. The van der Waals surface area contributed by atoms with Gasteiger partial charge in [-0.2, -0.15) is 4.37 Å². The molecule has 2 heterocycles. The van der Waals surface area contributed by atoms with Crippen LogP contribution in [0.25, 0.3) is 0 Å². The quantitative estimate of drug-likeness (QED) is 0.838. The predicted molar refractivity (Wildman–Crippen MR) is 64.1 cm³/mol. The van der Waals surface area contributed by atoms with Crippen LogP contribution in [0.1, 0.15) is 15.4 Å². The zero-order valence-corrected chi connectivity index (χ0v) is 9.97. The first-order valence-electron chi connectivity index (χ1n) is 4.52. The molecular formula is C10H8ClN3OS. The molecule has 0 radical (unpaired) electrons. The van der Waals surface area contributed by atoms with Gasteiger partial charge in [0.05, 0.1) is 5.69 Å². The number of nitrogens with zero attached hydrogens (tertiary/aromatic N) is 2. The van der Waals surface area contributed by atoms with Crippen LogP contribution in [-0.4, -0.2) is 15.3 Å². The minimum absolute atomic E-state index is 0.266. The molecule has 4 nitrogen and oxygen atoms in total. The first kappa shape index (κ1) is 11.0. The van der Waals surface area contributed by atoms with E-state index in [0.717, 1.165) is 4.88 Å². The van der Waals surface area contributed by atoms with E-state index in [4.69, 9.17) is 11.6 Å². The van der Waals surface area contributed by atoms with E-state index in [-0.39, 0.29) is 11.1 Å². The van der Waals surface area contributed by atoms with Crippen LogP contribution in [0.3, 0.4) is 0 Å². The van der Waals surface area contributed by atoms with Gasteiger partial charge in [0.15, 0.2) is 5.15 Å². The molecule has 82 valence electrons. The lowest BCUT2D eigenvalue weighted by Gasteiger charge is -2.03.